The Morgan fingerprint density at radius 1 is 1.31 bits per heavy atom. The third-order valence-electron chi connectivity index (χ3n) is 3.01. The molecule has 1 aromatic rings. The van der Waals surface area contributed by atoms with Crippen molar-refractivity contribution in [3.05, 3.63) is 34.9 Å². The number of hydrogen-bond donors (Lipinski definition) is 2. The van der Waals surface area contributed by atoms with Crippen LogP contribution < -0.4 is 11.3 Å². The first kappa shape index (κ1) is 13.5. The van der Waals surface area contributed by atoms with E-state index >= 15 is 0 Å². The van der Waals surface area contributed by atoms with E-state index in [-0.39, 0.29) is 0 Å². The second-order valence-corrected chi connectivity index (χ2v) is 4.88. The van der Waals surface area contributed by atoms with Gasteiger partial charge in [-0.3, -0.25) is 11.3 Å². The highest BCUT2D eigenvalue weighted by atomic mass is 35.5. The molecule has 3 N–H and O–H groups in total. The normalized spacial score (nSPS) is 14.8. The molecule has 0 amide bonds. The highest BCUT2D eigenvalue weighted by molar-refractivity contribution is 6.30. The minimum atomic E-state index is 0.344. The second-order valence-electron chi connectivity index (χ2n) is 4.44. The molecular formula is C13H21ClN2. The van der Waals surface area contributed by atoms with Gasteiger partial charge < -0.3 is 0 Å². The largest absolute Gasteiger partial charge is 0.271 e. The molecule has 1 aromatic carbocycles. The van der Waals surface area contributed by atoms with Crippen LogP contribution in [0.15, 0.2) is 24.3 Å². The van der Waals surface area contributed by atoms with Crippen molar-refractivity contribution in [2.24, 2.45) is 11.8 Å². The monoisotopic (exact) mass is 240 g/mol. The predicted molar refractivity (Wildman–Crippen MR) is 70.3 cm³/mol. The molecule has 0 saturated carbocycles. The Hall–Kier alpha value is -0.570. The number of rotatable bonds is 6. The maximum Gasteiger partial charge on any atom is 0.0406 e. The van der Waals surface area contributed by atoms with Crippen LogP contribution in [0.1, 0.15) is 32.3 Å². The fourth-order valence-electron chi connectivity index (χ4n) is 1.77. The standard InChI is InChI=1S/C13H21ClN2/c1-3-10(2)8-13(16-15)9-11-4-6-12(14)7-5-11/h4-7,10,13,16H,3,8-9,15H2,1-2H3. The first-order valence-corrected chi connectivity index (χ1v) is 6.24. The summed E-state index contributed by atoms with van der Waals surface area (Å²) in [6, 6.07) is 8.31. The summed E-state index contributed by atoms with van der Waals surface area (Å²) < 4.78 is 0. The maximum atomic E-state index is 5.85. The van der Waals surface area contributed by atoms with Crippen molar-refractivity contribution >= 4 is 11.6 Å². The lowest BCUT2D eigenvalue weighted by atomic mass is 9.95. The molecule has 2 nitrogen and oxygen atoms in total. The van der Waals surface area contributed by atoms with E-state index in [1.165, 1.54) is 12.0 Å². The van der Waals surface area contributed by atoms with Crippen molar-refractivity contribution in [1.29, 1.82) is 0 Å². The molecule has 3 heteroatoms. The Kier molecular flexibility index (Phi) is 5.81. The van der Waals surface area contributed by atoms with Crippen LogP contribution in [-0.2, 0) is 6.42 Å². The third-order valence-corrected chi connectivity index (χ3v) is 3.27. The Labute approximate surface area is 103 Å². The topological polar surface area (TPSA) is 38.0 Å². The number of halogens is 1. The minimum Gasteiger partial charge on any atom is -0.271 e. The van der Waals surface area contributed by atoms with E-state index in [2.05, 4.69) is 31.4 Å². The molecule has 0 aromatic heterocycles. The Morgan fingerprint density at radius 2 is 1.94 bits per heavy atom. The van der Waals surface area contributed by atoms with Gasteiger partial charge in [-0.1, -0.05) is 44.0 Å². The summed E-state index contributed by atoms with van der Waals surface area (Å²) >= 11 is 5.85. The minimum absolute atomic E-state index is 0.344. The highest BCUT2D eigenvalue weighted by Gasteiger charge is 2.11. The van der Waals surface area contributed by atoms with Crippen molar-refractivity contribution in [1.82, 2.24) is 5.43 Å². The van der Waals surface area contributed by atoms with Crippen molar-refractivity contribution < 1.29 is 0 Å². The SMILES string of the molecule is CCC(C)CC(Cc1ccc(Cl)cc1)NN. The molecule has 0 aliphatic carbocycles. The van der Waals surface area contributed by atoms with E-state index in [1.54, 1.807) is 0 Å². The molecule has 0 aliphatic heterocycles. The lowest BCUT2D eigenvalue weighted by molar-refractivity contribution is 0.396. The average Bonchev–Trinajstić information content (AvgIpc) is 2.30. The van der Waals surface area contributed by atoms with Gasteiger partial charge in [-0.05, 0) is 36.5 Å². The van der Waals surface area contributed by atoms with E-state index in [0.717, 1.165) is 17.9 Å². The smallest absolute Gasteiger partial charge is 0.0406 e. The Morgan fingerprint density at radius 3 is 2.44 bits per heavy atom. The van der Waals surface area contributed by atoms with E-state index in [4.69, 9.17) is 17.4 Å². The van der Waals surface area contributed by atoms with Gasteiger partial charge in [0.15, 0.2) is 0 Å². The van der Waals surface area contributed by atoms with Gasteiger partial charge in [0.05, 0.1) is 0 Å². The van der Waals surface area contributed by atoms with E-state index in [1.807, 2.05) is 12.1 Å². The van der Waals surface area contributed by atoms with Crippen LogP contribution in [0.3, 0.4) is 0 Å². The molecule has 16 heavy (non-hydrogen) atoms. The van der Waals surface area contributed by atoms with Crippen LogP contribution in [0.2, 0.25) is 5.02 Å². The predicted octanol–water partition coefficient (Wildman–Crippen LogP) is 3.15. The van der Waals surface area contributed by atoms with Crippen molar-refractivity contribution in [3.8, 4) is 0 Å². The molecule has 0 bridgehead atoms. The zero-order chi connectivity index (χ0) is 12.0. The summed E-state index contributed by atoms with van der Waals surface area (Å²) in [4.78, 5) is 0. The molecule has 0 radical (unpaired) electrons. The Bertz CT molecular complexity index is 297. The van der Waals surface area contributed by atoms with E-state index in [0.29, 0.717) is 12.0 Å². The molecule has 1 rings (SSSR count). The summed E-state index contributed by atoms with van der Waals surface area (Å²) in [5.74, 6) is 6.28. The molecular weight excluding hydrogens is 220 g/mol. The number of hydrogen-bond acceptors (Lipinski definition) is 2. The first-order valence-electron chi connectivity index (χ1n) is 5.86. The number of nitrogens with two attached hydrogens (primary N) is 1. The van der Waals surface area contributed by atoms with Crippen LogP contribution >= 0.6 is 11.6 Å². The van der Waals surface area contributed by atoms with Gasteiger partial charge in [0, 0.05) is 11.1 Å². The van der Waals surface area contributed by atoms with Crippen LogP contribution in [0.5, 0.6) is 0 Å². The summed E-state index contributed by atoms with van der Waals surface area (Å²) in [5, 5.41) is 0.780. The van der Waals surface area contributed by atoms with Gasteiger partial charge in [-0.25, -0.2) is 0 Å². The molecule has 0 fully saturated rings. The van der Waals surface area contributed by atoms with Crippen molar-refractivity contribution in [2.75, 3.05) is 0 Å². The fraction of sp³-hybridized carbons (Fsp3) is 0.538. The molecule has 0 heterocycles. The molecule has 2 atom stereocenters. The summed E-state index contributed by atoms with van der Waals surface area (Å²) in [7, 11) is 0. The summed E-state index contributed by atoms with van der Waals surface area (Å²) in [6.07, 6.45) is 3.26. The maximum absolute atomic E-state index is 5.85. The van der Waals surface area contributed by atoms with E-state index in [9.17, 15) is 0 Å². The fourth-order valence-corrected chi connectivity index (χ4v) is 1.89. The van der Waals surface area contributed by atoms with Crippen LogP contribution in [0.4, 0.5) is 0 Å². The average molecular weight is 241 g/mol. The lowest BCUT2D eigenvalue weighted by Gasteiger charge is -2.19. The summed E-state index contributed by atoms with van der Waals surface area (Å²) in [5.41, 5.74) is 4.17. The molecule has 90 valence electrons. The third kappa shape index (κ3) is 4.52. The molecule has 0 aliphatic rings. The molecule has 0 saturated heterocycles. The van der Waals surface area contributed by atoms with Gasteiger partial charge in [0.25, 0.3) is 0 Å². The van der Waals surface area contributed by atoms with Gasteiger partial charge in [0.2, 0.25) is 0 Å². The zero-order valence-corrected chi connectivity index (χ0v) is 10.8. The number of benzene rings is 1. The quantitative estimate of drug-likeness (QED) is 0.592. The van der Waals surface area contributed by atoms with Crippen molar-refractivity contribution in [3.63, 3.8) is 0 Å². The van der Waals surface area contributed by atoms with Crippen LogP contribution in [0, 0.1) is 5.92 Å². The first-order chi connectivity index (χ1) is 7.65. The highest BCUT2D eigenvalue weighted by Crippen LogP contribution is 2.15. The van der Waals surface area contributed by atoms with E-state index < -0.39 is 0 Å². The second kappa shape index (κ2) is 6.89. The molecule has 0 spiro atoms. The summed E-state index contributed by atoms with van der Waals surface area (Å²) in [6.45, 7) is 4.47. The van der Waals surface area contributed by atoms with Crippen LogP contribution in [-0.4, -0.2) is 6.04 Å². The van der Waals surface area contributed by atoms with Gasteiger partial charge in [-0.2, -0.15) is 0 Å². The van der Waals surface area contributed by atoms with Crippen molar-refractivity contribution in [2.45, 2.75) is 39.2 Å². The zero-order valence-electron chi connectivity index (χ0n) is 10.0. The lowest BCUT2D eigenvalue weighted by Crippen LogP contribution is -2.37. The van der Waals surface area contributed by atoms with Gasteiger partial charge in [0.1, 0.15) is 0 Å². The molecule has 2 unspecified atom stereocenters. The van der Waals surface area contributed by atoms with Crippen LogP contribution in [0.25, 0.3) is 0 Å². The van der Waals surface area contributed by atoms with Gasteiger partial charge in [-0.15, -0.1) is 0 Å². The number of nitrogens with one attached hydrogen (secondary N) is 1. The Balaban J connectivity index is 2.52. The number of hydrazine groups is 1. The van der Waals surface area contributed by atoms with Gasteiger partial charge >= 0.3 is 0 Å².